The van der Waals surface area contributed by atoms with Crippen molar-refractivity contribution in [3.8, 4) is 0 Å². The van der Waals surface area contributed by atoms with Gasteiger partial charge in [0.1, 0.15) is 5.58 Å². The van der Waals surface area contributed by atoms with E-state index in [9.17, 15) is 4.79 Å². The molecule has 1 aromatic carbocycles. The van der Waals surface area contributed by atoms with Crippen LogP contribution in [0.5, 0.6) is 0 Å². The van der Waals surface area contributed by atoms with Crippen molar-refractivity contribution in [2.45, 2.75) is 52.5 Å². The fourth-order valence-electron chi connectivity index (χ4n) is 2.30. The van der Waals surface area contributed by atoms with Crippen LogP contribution in [0, 0.1) is 0 Å². The quantitative estimate of drug-likeness (QED) is 0.843. The van der Waals surface area contributed by atoms with Crippen molar-refractivity contribution < 1.29 is 9.21 Å². The number of hydrogen-bond donors (Lipinski definition) is 1. The van der Waals surface area contributed by atoms with E-state index in [1.807, 2.05) is 39.0 Å². The first-order valence-electron chi connectivity index (χ1n) is 6.93. The average molecular weight is 273 g/mol. The number of hydrogen-bond acceptors (Lipinski definition) is 2. The largest absolute Gasteiger partial charge is 0.463 e. The van der Waals surface area contributed by atoms with Gasteiger partial charge in [-0.3, -0.25) is 4.79 Å². The summed E-state index contributed by atoms with van der Waals surface area (Å²) in [6.07, 6.45) is 1.65. The Bertz CT molecular complexity index is 639. The SMILES string of the molecule is CC(C)(C)NC(=O)c1ccc(C(C)(C)C)c2ccoc12. The zero-order valence-corrected chi connectivity index (χ0v) is 13.1. The van der Waals surface area contributed by atoms with Crippen LogP contribution in [0.2, 0.25) is 0 Å². The van der Waals surface area contributed by atoms with Crippen LogP contribution in [0.3, 0.4) is 0 Å². The summed E-state index contributed by atoms with van der Waals surface area (Å²) in [7, 11) is 0. The van der Waals surface area contributed by atoms with Crippen molar-refractivity contribution in [2.75, 3.05) is 0 Å². The lowest BCUT2D eigenvalue weighted by Crippen LogP contribution is -2.40. The van der Waals surface area contributed by atoms with Gasteiger partial charge in [-0.1, -0.05) is 26.8 Å². The smallest absolute Gasteiger partial charge is 0.255 e. The predicted octanol–water partition coefficient (Wildman–Crippen LogP) is 4.26. The maximum Gasteiger partial charge on any atom is 0.255 e. The molecule has 0 fully saturated rings. The molecule has 0 spiro atoms. The Morgan fingerprint density at radius 1 is 1.05 bits per heavy atom. The number of furan rings is 1. The second-order valence-corrected chi connectivity index (χ2v) is 7.28. The van der Waals surface area contributed by atoms with Gasteiger partial charge in [0.05, 0.1) is 11.8 Å². The van der Waals surface area contributed by atoms with Crippen molar-refractivity contribution in [3.05, 3.63) is 35.6 Å². The minimum absolute atomic E-state index is 0.0150. The molecule has 2 aromatic rings. The second kappa shape index (κ2) is 4.65. The number of nitrogens with one attached hydrogen (secondary N) is 1. The van der Waals surface area contributed by atoms with Crippen LogP contribution in [0.15, 0.2) is 28.9 Å². The zero-order valence-electron chi connectivity index (χ0n) is 13.1. The summed E-state index contributed by atoms with van der Waals surface area (Å²) in [4.78, 5) is 12.4. The van der Waals surface area contributed by atoms with Crippen LogP contribution in [0.4, 0.5) is 0 Å². The summed E-state index contributed by atoms with van der Waals surface area (Å²) in [6.45, 7) is 12.4. The molecule has 108 valence electrons. The minimum atomic E-state index is -0.265. The topological polar surface area (TPSA) is 42.2 Å². The maximum absolute atomic E-state index is 12.4. The van der Waals surface area contributed by atoms with Gasteiger partial charge >= 0.3 is 0 Å². The summed E-state index contributed by atoms with van der Waals surface area (Å²) in [5, 5.41) is 3.99. The fourth-order valence-corrected chi connectivity index (χ4v) is 2.30. The van der Waals surface area contributed by atoms with Crippen molar-refractivity contribution >= 4 is 16.9 Å². The van der Waals surface area contributed by atoms with Gasteiger partial charge in [-0.15, -0.1) is 0 Å². The molecule has 1 aromatic heterocycles. The molecular formula is C17H23NO2. The molecule has 0 aliphatic rings. The minimum Gasteiger partial charge on any atom is -0.463 e. The predicted molar refractivity (Wildman–Crippen MR) is 82.1 cm³/mol. The van der Waals surface area contributed by atoms with Gasteiger partial charge in [-0.2, -0.15) is 0 Å². The molecule has 0 bridgehead atoms. The van der Waals surface area contributed by atoms with E-state index in [0.29, 0.717) is 11.1 Å². The third kappa shape index (κ3) is 2.87. The van der Waals surface area contributed by atoms with E-state index >= 15 is 0 Å². The van der Waals surface area contributed by atoms with Gasteiger partial charge in [0.15, 0.2) is 0 Å². The number of rotatable bonds is 1. The standard InChI is InChI=1S/C17H23NO2/c1-16(2,3)13-8-7-12(14-11(13)9-10-20-14)15(19)18-17(4,5)6/h7-10H,1-6H3,(H,18,19). The van der Waals surface area contributed by atoms with E-state index in [0.717, 1.165) is 5.39 Å². The van der Waals surface area contributed by atoms with Crippen molar-refractivity contribution in [1.29, 1.82) is 0 Å². The van der Waals surface area contributed by atoms with Crippen LogP contribution in [0.1, 0.15) is 57.5 Å². The first kappa shape index (κ1) is 14.6. The molecule has 0 unspecified atom stereocenters. The summed E-state index contributed by atoms with van der Waals surface area (Å²) in [5.74, 6) is -0.0992. The van der Waals surface area contributed by atoms with Gasteiger partial charge in [0.2, 0.25) is 0 Å². The van der Waals surface area contributed by atoms with Crippen molar-refractivity contribution in [3.63, 3.8) is 0 Å². The lowest BCUT2D eigenvalue weighted by atomic mass is 9.84. The van der Waals surface area contributed by atoms with E-state index in [-0.39, 0.29) is 16.9 Å². The Morgan fingerprint density at radius 2 is 1.70 bits per heavy atom. The van der Waals surface area contributed by atoms with Crippen LogP contribution in [-0.2, 0) is 5.41 Å². The molecular weight excluding hydrogens is 250 g/mol. The van der Waals surface area contributed by atoms with Crippen molar-refractivity contribution in [1.82, 2.24) is 5.32 Å². The molecule has 0 saturated carbocycles. The Kier molecular flexibility index (Phi) is 3.41. The molecule has 20 heavy (non-hydrogen) atoms. The highest BCUT2D eigenvalue weighted by Gasteiger charge is 2.23. The van der Waals surface area contributed by atoms with Crippen LogP contribution in [-0.4, -0.2) is 11.4 Å². The Morgan fingerprint density at radius 3 is 2.25 bits per heavy atom. The molecule has 3 heteroatoms. The molecule has 0 radical (unpaired) electrons. The molecule has 0 atom stereocenters. The van der Waals surface area contributed by atoms with Crippen LogP contribution < -0.4 is 5.32 Å². The van der Waals surface area contributed by atoms with E-state index in [1.165, 1.54) is 5.56 Å². The molecule has 1 heterocycles. The van der Waals surface area contributed by atoms with Gasteiger partial charge in [-0.05, 0) is 43.9 Å². The molecule has 1 amide bonds. The molecule has 0 aliphatic carbocycles. The zero-order chi connectivity index (χ0) is 15.1. The number of carbonyl (C=O) groups excluding carboxylic acids is 1. The molecule has 2 rings (SSSR count). The van der Waals surface area contributed by atoms with Gasteiger partial charge in [0, 0.05) is 10.9 Å². The normalized spacial score (nSPS) is 12.7. The molecule has 0 aliphatic heterocycles. The van der Waals surface area contributed by atoms with E-state index in [1.54, 1.807) is 6.26 Å². The monoisotopic (exact) mass is 273 g/mol. The Balaban J connectivity index is 2.53. The summed E-state index contributed by atoms with van der Waals surface area (Å²) >= 11 is 0. The highest BCUT2D eigenvalue weighted by atomic mass is 16.3. The number of benzene rings is 1. The first-order valence-corrected chi connectivity index (χ1v) is 6.93. The van der Waals surface area contributed by atoms with Gasteiger partial charge in [-0.25, -0.2) is 0 Å². The Hall–Kier alpha value is -1.77. The molecule has 3 nitrogen and oxygen atoms in total. The second-order valence-electron chi connectivity index (χ2n) is 7.28. The fraction of sp³-hybridized carbons (Fsp3) is 0.471. The molecule has 0 saturated heterocycles. The van der Waals surface area contributed by atoms with Crippen molar-refractivity contribution in [2.24, 2.45) is 0 Å². The van der Waals surface area contributed by atoms with Gasteiger partial charge in [0.25, 0.3) is 5.91 Å². The van der Waals surface area contributed by atoms with E-state index in [2.05, 4.69) is 26.1 Å². The first-order chi connectivity index (χ1) is 9.09. The maximum atomic E-state index is 12.4. The Labute approximate surface area is 120 Å². The van der Waals surface area contributed by atoms with E-state index < -0.39 is 0 Å². The summed E-state index contributed by atoms with van der Waals surface area (Å²) in [6, 6.07) is 5.81. The number of amides is 1. The number of carbonyl (C=O) groups is 1. The average Bonchev–Trinajstić information content (AvgIpc) is 2.71. The highest BCUT2D eigenvalue weighted by molar-refractivity contribution is 6.06. The molecule has 1 N–H and O–H groups in total. The van der Waals surface area contributed by atoms with Gasteiger partial charge < -0.3 is 9.73 Å². The lowest BCUT2D eigenvalue weighted by molar-refractivity contribution is 0.0920. The third-order valence-electron chi connectivity index (χ3n) is 3.16. The van der Waals surface area contributed by atoms with Crippen LogP contribution in [0.25, 0.3) is 11.0 Å². The highest BCUT2D eigenvalue weighted by Crippen LogP contribution is 2.32. The summed E-state index contributed by atoms with van der Waals surface area (Å²) in [5.41, 5.74) is 2.19. The third-order valence-corrected chi connectivity index (χ3v) is 3.16. The van der Waals surface area contributed by atoms with E-state index in [4.69, 9.17) is 4.42 Å². The van der Waals surface area contributed by atoms with Crippen LogP contribution >= 0.6 is 0 Å². The number of fused-ring (bicyclic) bond motifs is 1. The summed E-state index contributed by atoms with van der Waals surface area (Å²) < 4.78 is 5.56. The lowest BCUT2D eigenvalue weighted by Gasteiger charge is -2.22.